The van der Waals surface area contributed by atoms with Crippen LogP contribution in [0.4, 0.5) is 4.79 Å². The highest BCUT2D eigenvalue weighted by molar-refractivity contribution is 7.98. The van der Waals surface area contributed by atoms with E-state index in [0.29, 0.717) is 6.54 Å². The number of rotatable bonds is 2. The van der Waals surface area contributed by atoms with E-state index < -0.39 is 0 Å². The zero-order valence-electron chi connectivity index (χ0n) is 7.91. The van der Waals surface area contributed by atoms with Gasteiger partial charge in [0.05, 0.1) is 6.04 Å². The number of nitrogens with one attached hydrogen (secondary N) is 2. The molecule has 0 spiro atoms. The molecule has 0 aromatic heterocycles. The van der Waals surface area contributed by atoms with Crippen LogP contribution >= 0.6 is 11.8 Å². The lowest BCUT2D eigenvalue weighted by Gasteiger charge is -2.08. The van der Waals surface area contributed by atoms with Crippen LogP contribution in [0.25, 0.3) is 0 Å². The first-order valence-corrected chi connectivity index (χ1v) is 5.70. The van der Waals surface area contributed by atoms with Gasteiger partial charge in [0.2, 0.25) is 0 Å². The molecule has 1 fully saturated rings. The molecular weight excluding hydrogens is 196 g/mol. The third-order valence-corrected chi connectivity index (χ3v) is 3.03. The summed E-state index contributed by atoms with van der Waals surface area (Å²) >= 11 is 1.72. The fourth-order valence-corrected chi connectivity index (χ4v) is 1.90. The number of amides is 2. The number of carbonyl (C=O) groups is 1. The largest absolute Gasteiger partial charge is 0.336 e. The summed E-state index contributed by atoms with van der Waals surface area (Å²) in [6.07, 6.45) is 2.05. The Labute approximate surface area is 87.3 Å². The molecule has 1 aliphatic rings. The third kappa shape index (κ3) is 1.85. The lowest BCUT2D eigenvalue weighted by Crippen LogP contribution is -2.21. The molecule has 0 radical (unpaired) electrons. The predicted octanol–water partition coefficient (Wildman–Crippen LogP) is 1.76. The number of carbonyl (C=O) groups excluding carboxylic acids is 1. The maximum absolute atomic E-state index is 10.9. The summed E-state index contributed by atoms with van der Waals surface area (Å²) in [6.45, 7) is 0.678. The monoisotopic (exact) mass is 208 g/mol. The van der Waals surface area contributed by atoms with Crippen molar-refractivity contribution in [2.45, 2.75) is 10.9 Å². The number of hydrogen-bond acceptors (Lipinski definition) is 2. The fraction of sp³-hybridized carbons (Fsp3) is 0.300. The van der Waals surface area contributed by atoms with E-state index in [0.717, 1.165) is 5.56 Å². The van der Waals surface area contributed by atoms with Crippen molar-refractivity contribution in [2.24, 2.45) is 0 Å². The molecule has 2 amide bonds. The average Bonchev–Trinajstić information content (AvgIpc) is 2.65. The van der Waals surface area contributed by atoms with Crippen LogP contribution < -0.4 is 10.6 Å². The number of urea groups is 1. The van der Waals surface area contributed by atoms with E-state index in [1.807, 2.05) is 6.26 Å². The quantitative estimate of drug-likeness (QED) is 0.727. The summed E-state index contributed by atoms with van der Waals surface area (Å²) < 4.78 is 0. The molecule has 1 saturated heterocycles. The van der Waals surface area contributed by atoms with Gasteiger partial charge in [-0.1, -0.05) is 12.1 Å². The molecule has 4 heteroatoms. The zero-order chi connectivity index (χ0) is 9.97. The Morgan fingerprint density at radius 2 is 2.07 bits per heavy atom. The normalized spacial score (nSPS) is 20.4. The van der Waals surface area contributed by atoms with Gasteiger partial charge < -0.3 is 10.6 Å². The molecule has 1 atom stereocenters. The molecule has 0 bridgehead atoms. The van der Waals surface area contributed by atoms with E-state index in [9.17, 15) is 4.79 Å². The summed E-state index contributed by atoms with van der Waals surface area (Å²) in [6, 6.07) is 8.31. The van der Waals surface area contributed by atoms with Gasteiger partial charge in [0.15, 0.2) is 0 Å². The molecular formula is C10H12N2OS. The Morgan fingerprint density at radius 1 is 1.36 bits per heavy atom. The number of hydrogen-bond donors (Lipinski definition) is 2. The van der Waals surface area contributed by atoms with Gasteiger partial charge in [-0.2, -0.15) is 0 Å². The first-order chi connectivity index (χ1) is 6.79. The molecule has 1 aromatic rings. The molecule has 1 unspecified atom stereocenters. The predicted molar refractivity (Wildman–Crippen MR) is 57.5 cm³/mol. The van der Waals surface area contributed by atoms with E-state index in [4.69, 9.17) is 0 Å². The Balaban J connectivity index is 2.13. The first-order valence-electron chi connectivity index (χ1n) is 4.48. The van der Waals surface area contributed by atoms with Gasteiger partial charge in [-0.3, -0.25) is 0 Å². The van der Waals surface area contributed by atoms with Crippen LogP contribution in [0, 0.1) is 0 Å². The molecule has 1 aliphatic heterocycles. The highest BCUT2D eigenvalue weighted by Gasteiger charge is 2.20. The summed E-state index contributed by atoms with van der Waals surface area (Å²) in [5.41, 5.74) is 1.15. The van der Waals surface area contributed by atoms with Gasteiger partial charge in [-0.05, 0) is 24.0 Å². The van der Waals surface area contributed by atoms with Crippen molar-refractivity contribution in [3.63, 3.8) is 0 Å². The van der Waals surface area contributed by atoms with E-state index in [1.54, 1.807) is 11.8 Å². The van der Waals surface area contributed by atoms with Crippen LogP contribution in [-0.2, 0) is 0 Å². The molecule has 1 aromatic carbocycles. The van der Waals surface area contributed by atoms with E-state index in [-0.39, 0.29) is 12.1 Å². The van der Waals surface area contributed by atoms with Crippen molar-refractivity contribution in [1.82, 2.24) is 10.6 Å². The molecule has 2 rings (SSSR count). The summed E-state index contributed by atoms with van der Waals surface area (Å²) in [4.78, 5) is 12.2. The molecule has 14 heavy (non-hydrogen) atoms. The first kappa shape index (κ1) is 9.40. The van der Waals surface area contributed by atoms with Gasteiger partial charge in [0.25, 0.3) is 0 Å². The van der Waals surface area contributed by atoms with Crippen LogP contribution in [0.1, 0.15) is 11.6 Å². The molecule has 0 saturated carbocycles. The van der Waals surface area contributed by atoms with Crippen LogP contribution in [0.2, 0.25) is 0 Å². The average molecular weight is 208 g/mol. The second-order valence-corrected chi connectivity index (χ2v) is 4.06. The maximum atomic E-state index is 10.9. The van der Waals surface area contributed by atoms with Crippen LogP contribution in [0.5, 0.6) is 0 Å². The highest BCUT2D eigenvalue weighted by Crippen LogP contribution is 2.20. The number of benzene rings is 1. The lowest BCUT2D eigenvalue weighted by atomic mass is 10.1. The van der Waals surface area contributed by atoms with Crippen LogP contribution in [-0.4, -0.2) is 18.8 Å². The highest BCUT2D eigenvalue weighted by atomic mass is 32.2. The van der Waals surface area contributed by atoms with Crippen molar-refractivity contribution in [3.8, 4) is 0 Å². The van der Waals surface area contributed by atoms with Crippen molar-refractivity contribution in [3.05, 3.63) is 29.8 Å². The zero-order valence-corrected chi connectivity index (χ0v) is 8.73. The molecule has 3 nitrogen and oxygen atoms in total. The molecule has 74 valence electrons. The standard InChI is InChI=1S/C10H12N2OS/c1-14-8-4-2-7(3-5-8)9-6-11-10(13)12-9/h2-5,9H,6H2,1H3,(H2,11,12,13). The minimum Gasteiger partial charge on any atom is -0.336 e. The van der Waals surface area contributed by atoms with Gasteiger partial charge in [0, 0.05) is 11.4 Å². The summed E-state index contributed by atoms with van der Waals surface area (Å²) in [7, 11) is 0. The number of thioether (sulfide) groups is 1. The van der Waals surface area contributed by atoms with Crippen molar-refractivity contribution < 1.29 is 4.79 Å². The molecule has 1 heterocycles. The van der Waals surface area contributed by atoms with Crippen molar-refractivity contribution in [2.75, 3.05) is 12.8 Å². The molecule has 0 aliphatic carbocycles. The van der Waals surface area contributed by atoms with Gasteiger partial charge in [-0.25, -0.2) is 4.79 Å². The van der Waals surface area contributed by atoms with E-state index in [1.165, 1.54) is 4.90 Å². The summed E-state index contributed by atoms with van der Waals surface area (Å²) in [5.74, 6) is 0. The van der Waals surface area contributed by atoms with Crippen LogP contribution in [0.15, 0.2) is 29.2 Å². The van der Waals surface area contributed by atoms with Gasteiger partial charge >= 0.3 is 6.03 Å². The van der Waals surface area contributed by atoms with Crippen molar-refractivity contribution >= 4 is 17.8 Å². The smallest absolute Gasteiger partial charge is 0.315 e. The second kappa shape index (κ2) is 3.92. The summed E-state index contributed by atoms with van der Waals surface area (Å²) in [5, 5.41) is 5.59. The Kier molecular flexibility index (Phi) is 2.63. The SMILES string of the molecule is CSc1ccc(C2CNC(=O)N2)cc1. The third-order valence-electron chi connectivity index (χ3n) is 2.29. The van der Waals surface area contributed by atoms with Crippen molar-refractivity contribution in [1.29, 1.82) is 0 Å². The minimum absolute atomic E-state index is 0.0797. The van der Waals surface area contributed by atoms with Crippen LogP contribution in [0.3, 0.4) is 0 Å². The Hall–Kier alpha value is -1.16. The van der Waals surface area contributed by atoms with E-state index in [2.05, 4.69) is 34.9 Å². The second-order valence-electron chi connectivity index (χ2n) is 3.18. The van der Waals surface area contributed by atoms with E-state index >= 15 is 0 Å². The Bertz CT molecular complexity index is 336. The fourth-order valence-electron chi connectivity index (χ4n) is 1.49. The Morgan fingerprint density at radius 3 is 2.57 bits per heavy atom. The topological polar surface area (TPSA) is 41.1 Å². The molecule has 2 N–H and O–H groups in total. The van der Waals surface area contributed by atoms with Gasteiger partial charge in [-0.15, -0.1) is 11.8 Å². The minimum atomic E-state index is -0.0797. The lowest BCUT2D eigenvalue weighted by molar-refractivity contribution is 0.247. The maximum Gasteiger partial charge on any atom is 0.315 e. The van der Waals surface area contributed by atoms with Gasteiger partial charge in [0.1, 0.15) is 0 Å².